The molecule has 4 rings (SSSR count). The predicted octanol–water partition coefficient (Wildman–Crippen LogP) is 0.889. The predicted molar refractivity (Wildman–Crippen MR) is 63.6 cm³/mol. The lowest BCUT2D eigenvalue weighted by Crippen LogP contribution is -2.44. The summed E-state index contributed by atoms with van der Waals surface area (Å²) < 4.78 is 1.61. The first kappa shape index (κ1) is 8.10. The summed E-state index contributed by atoms with van der Waals surface area (Å²) in [6.07, 6.45) is 0. The fourth-order valence-corrected chi connectivity index (χ4v) is 2.36. The zero-order valence-corrected chi connectivity index (χ0v) is 8.34. The van der Waals surface area contributed by atoms with Crippen LogP contribution < -0.4 is 11.0 Å². The number of pyridine rings is 1. The monoisotopic (exact) mass is 205 g/mol. The van der Waals surface area contributed by atoms with E-state index < -0.39 is 0 Å². The minimum atomic E-state index is 0.0225. The summed E-state index contributed by atoms with van der Waals surface area (Å²) in [7, 11) is 1.58. The second-order valence-corrected chi connectivity index (χ2v) is 3.95. The van der Waals surface area contributed by atoms with Crippen LogP contribution in [0.2, 0.25) is 0 Å². The van der Waals surface area contributed by atoms with Gasteiger partial charge in [0.2, 0.25) is 5.56 Å². The Morgan fingerprint density at radius 2 is 1.81 bits per heavy atom. The van der Waals surface area contributed by atoms with Crippen molar-refractivity contribution in [1.82, 2.24) is 4.48 Å². The van der Waals surface area contributed by atoms with Gasteiger partial charge in [-0.3, -0.25) is 4.79 Å². The van der Waals surface area contributed by atoms with E-state index in [0.717, 1.165) is 27.0 Å². The van der Waals surface area contributed by atoms with Gasteiger partial charge in [0.15, 0.2) is 0 Å². The quantitative estimate of drug-likeness (QED) is 0.502. The largest absolute Gasteiger partial charge is 0.421 e. The van der Waals surface area contributed by atoms with E-state index >= 15 is 0 Å². The molecule has 2 heterocycles. The highest BCUT2D eigenvalue weighted by Crippen LogP contribution is 2.22. The van der Waals surface area contributed by atoms with Gasteiger partial charge in [-0.25, -0.2) is 0 Å². The van der Waals surface area contributed by atoms with E-state index in [2.05, 4.69) is 4.90 Å². The van der Waals surface area contributed by atoms with Gasteiger partial charge >= 0.3 is 7.55 Å². The van der Waals surface area contributed by atoms with E-state index in [1.807, 2.05) is 36.4 Å². The Labute approximate surface area is 91.3 Å². The topological polar surface area (TPSA) is 34.4 Å². The second-order valence-electron chi connectivity index (χ2n) is 3.95. The van der Waals surface area contributed by atoms with Crippen LogP contribution in [-0.4, -0.2) is 12.0 Å². The molecular weight excluding hydrogens is 199 g/mol. The number of benzene rings is 2. The normalized spacial score (nSPS) is 13.0. The minimum Gasteiger partial charge on any atom is -0.319 e. The number of rotatable bonds is 0. The highest BCUT2D eigenvalue weighted by molar-refractivity contribution is 6.34. The molecule has 0 unspecified atom stereocenters. The van der Waals surface area contributed by atoms with E-state index in [-0.39, 0.29) is 5.56 Å². The number of aromatic nitrogens is 1. The molecule has 1 aliphatic rings. The van der Waals surface area contributed by atoms with E-state index in [4.69, 9.17) is 0 Å². The van der Waals surface area contributed by atoms with Crippen molar-refractivity contribution in [2.24, 2.45) is 4.90 Å². The lowest BCUT2D eigenvalue weighted by molar-refractivity contribution is 0.977. The molecule has 0 fully saturated rings. The maximum atomic E-state index is 12.1. The SMILES string of the molecule is O=c1c2cccc3cccc(c4n1[B]N=4)c32. The number of fused-ring (bicyclic) bond motifs is 2. The summed E-state index contributed by atoms with van der Waals surface area (Å²) in [5.41, 5.74) is 0.795. The van der Waals surface area contributed by atoms with Crippen LogP contribution in [0.5, 0.6) is 0 Å². The average molecular weight is 205 g/mol. The maximum Gasteiger partial charge on any atom is 0.421 e. The summed E-state index contributed by atoms with van der Waals surface area (Å²) in [6.45, 7) is 0. The molecule has 1 aromatic heterocycles. The molecule has 1 aliphatic heterocycles. The molecule has 0 N–H and O–H groups in total. The van der Waals surface area contributed by atoms with Gasteiger partial charge in [0.25, 0.3) is 0 Å². The van der Waals surface area contributed by atoms with Crippen LogP contribution in [0, 0.1) is 0 Å². The Hall–Kier alpha value is -2.10. The Morgan fingerprint density at radius 1 is 1.06 bits per heavy atom. The molecule has 0 saturated heterocycles. The molecule has 16 heavy (non-hydrogen) atoms. The average Bonchev–Trinajstić information content (AvgIpc) is 2.25. The van der Waals surface area contributed by atoms with Crippen molar-refractivity contribution < 1.29 is 0 Å². The van der Waals surface area contributed by atoms with Crippen LogP contribution in [0.25, 0.3) is 21.5 Å². The standard InChI is InChI=1S/C12H6BN2O/c16-12-9-6-2-4-7-3-1-5-8(10(7)9)11-14-13-15(11)12/h1-6H. The third-order valence-electron chi connectivity index (χ3n) is 3.12. The van der Waals surface area contributed by atoms with Gasteiger partial charge in [0, 0.05) is 16.2 Å². The first-order chi connectivity index (χ1) is 7.86. The summed E-state index contributed by atoms with van der Waals surface area (Å²) >= 11 is 0. The Morgan fingerprint density at radius 3 is 2.50 bits per heavy atom. The molecule has 3 nitrogen and oxygen atoms in total. The van der Waals surface area contributed by atoms with Crippen LogP contribution >= 0.6 is 0 Å². The molecule has 0 amide bonds. The summed E-state index contributed by atoms with van der Waals surface area (Å²) in [5.74, 6) is 0. The molecule has 0 atom stereocenters. The number of nitrogens with zero attached hydrogens (tertiary/aromatic N) is 2. The van der Waals surface area contributed by atoms with E-state index in [0.29, 0.717) is 0 Å². The van der Waals surface area contributed by atoms with Gasteiger partial charge < -0.3 is 9.38 Å². The fraction of sp³-hybridized carbons (Fsp3) is 0. The Kier molecular flexibility index (Phi) is 1.28. The smallest absolute Gasteiger partial charge is 0.319 e. The lowest BCUT2D eigenvalue weighted by Gasteiger charge is -2.14. The Bertz CT molecular complexity index is 845. The van der Waals surface area contributed by atoms with E-state index in [1.165, 1.54) is 0 Å². The van der Waals surface area contributed by atoms with Crippen LogP contribution in [0.3, 0.4) is 0 Å². The first-order valence-corrected chi connectivity index (χ1v) is 5.13. The van der Waals surface area contributed by atoms with E-state index in [1.54, 1.807) is 12.0 Å². The summed E-state index contributed by atoms with van der Waals surface area (Å²) in [6, 6.07) is 11.8. The zero-order chi connectivity index (χ0) is 10.7. The highest BCUT2D eigenvalue weighted by Gasteiger charge is 2.16. The molecule has 0 aliphatic carbocycles. The van der Waals surface area contributed by atoms with Crippen molar-refractivity contribution in [2.45, 2.75) is 0 Å². The molecule has 73 valence electrons. The molecule has 3 aromatic rings. The maximum absolute atomic E-state index is 12.1. The highest BCUT2D eigenvalue weighted by atomic mass is 16.1. The molecule has 2 aromatic carbocycles. The van der Waals surface area contributed by atoms with Crippen molar-refractivity contribution in [2.75, 3.05) is 0 Å². The van der Waals surface area contributed by atoms with Crippen molar-refractivity contribution >= 4 is 29.1 Å². The number of hydrogen-bond donors (Lipinski definition) is 0. The van der Waals surface area contributed by atoms with Crippen molar-refractivity contribution in [3.05, 3.63) is 52.2 Å². The van der Waals surface area contributed by atoms with Crippen LogP contribution in [0.15, 0.2) is 46.1 Å². The van der Waals surface area contributed by atoms with Crippen molar-refractivity contribution in [3.8, 4) is 0 Å². The van der Waals surface area contributed by atoms with Crippen LogP contribution in [0.1, 0.15) is 0 Å². The molecule has 1 radical (unpaired) electrons. The van der Waals surface area contributed by atoms with Gasteiger partial charge in [-0.2, -0.15) is 0 Å². The van der Waals surface area contributed by atoms with Crippen molar-refractivity contribution in [3.63, 3.8) is 0 Å². The van der Waals surface area contributed by atoms with Gasteiger partial charge in [-0.05, 0) is 11.5 Å². The summed E-state index contributed by atoms with van der Waals surface area (Å²) in [5, 5.41) is 3.94. The fourth-order valence-electron chi connectivity index (χ4n) is 2.36. The first-order valence-electron chi connectivity index (χ1n) is 5.13. The third kappa shape index (κ3) is 0.769. The van der Waals surface area contributed by atoms with Crippen LogP contribution in [0.4, 0.5) is 0 Å². The molecular formula is C12H6BN2O. The van der Waals surface area contributed by atoms with E-state index in [9.17, 15) is 4.79 Å². The minimum absolute atomic E-state index is 0.0225. The summed E-state index contributed by atoms with van der Waals surface area (Å²) in [4.78, 5) is 16.2. The van der Waals surface area contributed by atoms with Gasteiger partial charge in [0.05, 0.1) is 0 Å². The Balaban J connectivity index is 2.54. The third-order valence-corrected chi connectivity index (χ3v) is 3.12. The van der Waals surface area contributed by atoms with Gasteiger partial charge in [-0.15, -0.1) is 0 Å². The second kappa shape index (κ2) is 2.53. The number of hydrogen-bond acceptors (Lipinski definition) is 2. The molecule has 4 heteroatoms. The molecule has 0 bridgehead atoms. The van der Waals surface area contributed by atoms with Crippen molar-refractivity contribution in [1.29, 1.82) is 0 Å². The lowest BCUT2D eigenvalue weighted by atomic mass is 9.98. The zero-order valence-electron chi connectivity index (χ0n) is 8.34. The molecule has 0 saturated carbocycles. The van der Waals surface area contributed by atoms with Gasteiger partial charge in [0.1, 0.15) is 5.49 Å². The van der Waals surface area contributed by atoms with Crippen LogP contribution in [-0.2, 0) is 0 Å². The molecule has 0 spiro atoms. The van der Waals surface area contributed by atoms with Gasteiger partial charge in [-0.1, -0.05) is 30.3 Å².